The van der Waals surface area contributed by atoms with E-state index in [1.165, 1.54) is 0 Å². The Hall–Kier alpha value is -2.49. The van der Waals surface area contributed by atoms with Gasteiger partial charge in [-0.25, -0.2) is 0 Å². The van der Waals surface area contributed by atoms with E-state index < -0.39 is 53.7 Å². The Balaban J connectivity index is 2.05. The predicted molar refractivity (Wildman–Crippen MR) is 112 cm³/mol. The van der Waals surface area contributed by atoms with Gasteiger partial charge in [-0.1, -0.05) is 12.8 Å². The molecule has 0 radical (unpaired) electrons. The van der Waals surface area contributed by atoms with E-state index in [1.807, 2.05) is 0 Å². The molecule has 2 fully saturated rings. The van der Waals surface area contributed by atoms with Crippen LogP contribution in [0.2, 0.25) is 0 Å². The maximum absolute atomic E-state index is 12.9. The Labute approximate surface area is 182 Å². The smallest absolute Gasteiger partial charge is 0.309 e. The van der Waals surface area contributed by atoms with E-state index in [2.05, 4.69) is 21.3 Å². The third-order valence-corrected chi connectivity index (χ3v) is 5.36. The van der Waals surface area contributed by atoms with Gasteiger partial charge in [0.05, 0.1) is 6.04 Å². The van der Waals surface area contributed by atoms with Crippen LogP contribution in [-0.4, -0.2) is 65.3 Å². The summed E-state index contributed by atoms with van der Waals surface area (Å²) in [5, 5.41) is 19.6. The highest BCUT2D eigenvalue weighted by molar-refractivity contribution is 6.35. The number of carbonyl (C=O) groups excluding carboxylic acids is 5. The van der Waals surface area contributed by atoms with Crippen LogP contribution in [0.5, 0.6) is 0 Å². The summed E-state index contributed by atoms with van der Waals surface area (Å²) in [6.07, 6.45) is 3.64. The molecule has 31 heavy (non-hydrogen) atoms. The van der Waals surface area contributed by atoms with Crippen molar-refractivity contribution in [3.05, 3.63) is 0 Å². The van der Waals surface area contributed by atoms with Crippen LogP contribution in [0.4, 0.5) is 0 Å². The van der Waals surface area contributed by atoms with Crippen LogP contribution in [0.1, 0.15) is 59.3 Å². The monoisotopic (exact) mass is 438 g/mol. The van der Waals surface area contributed by atoms with E-state index >= 15 is 0 Å². The zero-order valence-electron chi connectivity index (χ0n) is 18.5. The van der Waals surface area contributed by atoms with Gasteiger partial charge in [0.2, 0.25) is 11.8 Å². The first-order valence-electron chi connectivity index (χ1n) is 10.8. The summed E-state index contributed by atoms with van der Waals surface area (Å²) >= 11 is 0. The molecule has 0 unspecified atom stereocenters. The zero-order valence-corrected chi connectivity index (χ0v) is 18.5. The van der Waals surface area contributed by atoms with Crippen molar-refractivity contribution in [2.75, 3.05) is 13.2 Å². The molecular weight excluding hydrogens is 404 g/mol. The van der Waals surface area contributed by atoms with Gasteiger partial charge in [0, 0.05) is 18.0 Å². The number of aliphatic hydroxyl groups is 1. The number of hydrogen-bond acceptors (Lipinski definition) is 6. The van der Waals surface area contributed by atoms with Crippen LogP contribution in [0, 0.1) is 11.8 Å². The van der Waals surface area contributed by atoms with Gasteiger partial charge in [-0.05, 0) is 52.4 Å². The maximum atomic E-state index is 12.9. The lowest BCUT2D eigenvalue weighted by molar-refractivity contribution is -0.142. The number of hydrogen-bond donors (Lipinski definition) is 5. The number of amides is 4. The third-order valence-electron chi connectivity index (χ3n) is 5.36. The molecule has 10 nitrogen and oxygen atoms in total. The molecular formula is C21H34N4O6. The van der Waals surface area contributed by atoms with Crippen LogP contribution >= 0.6 is 0 Å². The van der Waals surface area contributed by atoms with E-state index in [0.29, 0.717) is 19.4 Å². The summed E-state index contributed by atoms with van der Waals surface area (Å²) in [6, 6.07) is -2.03. The maximum Gasteiger partial charge on any atom is 0.309 e. The molecule has 1 heterocycles. The fraction of sp³-hybridized carbons (Fsp3) is 0.762. The normalized spacial score (nSPS) is 20.8. The van der Waals surface area contributed by atoms with Crippen molar-refractivity contribution in [2.24, 2.45) is 11.8 Å². The van der Waals surface area contributed by atoms with Crippen LogP contribution < -0.4 is 21.3 Å². The Morgan fingerprint density at radius 1 is 1.03 bits per heavy atom. The average Bonchev–Trinajstić information content (AvgIpc) is 3.50. The van der Waals surface area contributed by atoms with Gasteiger partial charge < -0.3 is 26.4 Å². The fourth-order valence-electron chi connectivity index (χ4n) is 3.54. The standard InChI is InChI=1S/C21H34N4O6/c1-21(2,3)25-20(31)19(30)24-15(9-12-6-7-12)18(29)23-14(16(27)11-26)10-13-5-4-8-22-17(13)28/h12-15,26H,4-11H2,1-3H3,(H,22,28)(H,23,29)(H,24,30)(H,25,31)/t13-,14-,15-/m0/s1. The first-order chi connectivity index (χ1) is 14.5. The highest BCUT2D eigenvalue weighted by Gasteiger charge is 2.35. The summed E-state index contributed by atoms with van der Waals surface area (Å²) in [7, 11) is 0. The fourth-order valence-corrected chi connectivity index (χ4v) is 3.54. The minimum absolute atomic E-state index is 0.0750. The molecule has 0 spiro atoms. The van der Waals surface area contributed by atoms with Crippen molar-refractivity contribution >= 4 is 29.4 Å². The molecule has 2 aliphatic rings. The number of Topliss-reactive ketones (excluding diaryl/α,β-unsaturated/α-hetero) is 1. The molecule has 0 aromatic carbocycles. The van der Waals surface area contributed by atoms with Crippen molar-refractivity contribution in [2.45, 2.75) is 76.9 Å². The minimum atomic E-state index is -1.05. The van der Waals surface area contributed by atoms with E-state index in [4.69, 9.17) is 0 Å². The van der Waals surface area contributed by atoms with Gasteiger partial charge in [0.15, 0.2) is 5.78 Å². The lowest BCUT2D eigenvalue weighted by Crippen LogP contribution is -2.56. The second-order valence-electron chi connectivity index (χ2n) is 9.46. The highest BCUT2D eigenvalue weighted by atomic mass is 16.3. The van der Waals surface area contributed by atoms with Crippen molar-refractivity contribution in [1.29, 1.82) is 0 Å². The lowest BCUT2D eigenvalue weighted by Gasteiger charge is -2.27. The summed E-state index contributed by atoms with van der Waals surface area (Å²) in [4.78, 5) is 61.6. The molecule has 1 saturated heterocycles. The molecule has 1 saturated carbocycles. The van der Waals surface area contributed by atoms with E-state index in [-0.39, 0.29) is 18.2 Å². The number of piperidine rings is 1. The second kappa shape index (κ2) is 10.7. The predicted octanol–water partition coefficient (Wildman–Crippen LogP) is -0.851. The molecule has 4 amide bonds. The van der Waals surface area contributed by atoms with Crippen LogP contribution in [0.3, 0.4) is 0 Å². The number of carbonyl (C=O) groups is 5. The van der Waals surface area contributed by atoms with Gasteiger partial charge in [-0.3, -0.25) is 24.0 Å². The van der Waals surface area contributed by atoms with Gasteiger partial charge in [-0.2, -0.15) is 0 Å². The molecule has 1 aliphatic heterocycles. The van der Waals surface area contributed by atoms with Crippen molar-refractivity contribution < 1.29 is 29.1 Å². The first kappa shape index (κ1) is 24.8. The molecule has 0 bridgehead atoms. The lowest BCUT2D eigenvalue weighted by atomic mass is 9.90. The molecule has 0 aromatic heterocycles. The number of nitrogens with one attached hydrogen (secondary N) is 4. The minimum Gasteiger partial charge on any atom is -0.389 e. The molecule has 10 heteroatoms. The number of ketones is 1. The van der Waals surface area contributed by atoms with Crippen LogP contribution in [-0.2, 0) is 24.0 Å². The second-order valence-corrected chi connectivity index (χ2v) is 9.46. The van der Waals surface area contributed by atoms with Gasteiger partial charge >= 0.3 is 11.8 Å². The molecule has 5 N–H and O–H groups in total. The summed E-state index contributed by atoms with van der Waals surface area (Å²) in [6.45, 7) is 5.01. The van der Waals surface area contributed by atoms with Crippen molar-refractivity contribution in [3.63, 3.8) is 0 Å². The summed E-state index contributed by atoms with van der Waals surface area (Å²) in [5.74, 6) is -3.34. The zero-order chi connectivity index (χ0) is 23.2. The molecule has 2 rings (SSSR count). The average molecular weight is 439 g/mol. The Morgan fingerprint density at radius 2 is 1.71 bits per heavy atom. The topological polar surface area (TPSA) is 154 Å². The third kappa shape index (κ3) is 8.28. The van der Waals surface area contributed by atoms with Crippen molar-refractivity contribution in [3.8, 4) is 0 Å². The largest absolute Gasteiger partial charge is 0.389 e. The molecule has 0 aromatic rings. The summed E-state index contributed by atoms with van der Waals surface area (Å²) in [5.41, 5.74) is -0.609. The van der Waals surface area contributed by atoms with Gasteiger partial charge in [0.25, 0.3) is 0 Å². The molecule has 174 valence electrons. The van der Waals surface area contributed by atoms with Gasteiger partial charge in [0.1, 0.15) is 12.6 Å². The molecule has 1 aliphatic carbocycles. The van der Waals surface area contributed by atoms with E-state index in [1.54, 1.807) is 20.8 Å². The van der Waals surface area contributed by atoms with E-state index in [9.17, 15) is 29.1 Å². The number of rotatable bonds is 9. The summed E-state index contributed by atoms with van der Waals surface area (Å²) < 4.78 is 0. The van der Waals surface area contributed by atoms with Crippen LogP contribution in [0.25, 0.3) is 0 Å². The highest BCUT2D eigenvalue weighted by Crippen LogP contribution is 2.33. The van der Waals surface area contributed by atoms with Crippen LogP contribution in [0.15, 0.2) is 0 Å². The first-order valence-corrected chi connectivity index (χ1v) is 10.8. The Kier molecular flexibility index (Phi) is 8.55. The quantitative estimate of drug-likeness (QED) is 0.296. The van der Waals surface area contributed by atoms with Gasteiger partial charge in [-0.15, -0.1) is 0 Å². The molecule has 3 atom stereocenters. The Morgan fingerprint density at radius 3 is 2.26 bits per heavy atom. The van der Waals surface area contributed by atoms with Crippen molar-refractivity contribution in [1.82, 2.24) is 21.3 Å². The Bertz CT molecular complexity index is 713. The SMILES string of the molecule is CC(C)(C)NC(=O)C(=O)N[C@@H](CC1CC1)C(=O)N[C@@H](C[C@@H]1CCCNC1=O)C(=O)CO. The number of aliphatic hydroxyl groups excluding tert-OH is 1. The van der Waals surface area contributed by atoms with E-state index in [0.717, 1.165) is 19.3 Å².